The van der Waals surface area contributed by atoms with Crippen LogP contribution in [0.25, 0.3) is 32.9 Å². The average Bonchev–Trinajstić information content (AvgIpc) is 3.77. The molecule has 3 saturated heterocycles. The summed E-state index contributed by atoms with van der Waals surface area (Å²) in [7, 11) is 0. The molecule has 0 radical (unpaired) electrons. The third-order valence-electron chi connectivity index (χ3n) is 11.7. The minimum atomic E-state index is 0.102. The van der Waals surface area contributed by atoms with E-state index in [4.69, 9.17) is 24.2 Å². The van der Waals surface area contributed by atoms with Gasteiger partial charge in [-0.1, -0.05) is 12.5 Å². The highest BCUT2D eigenvalue weighted by Crippen LogP contribution is 2.54. The normalized spacial score (nSPS) is 22.3. The summed E-state index contributed by atoms with van der Waals surface area (Å²) in [6.45, 7) is 10.7. The number of aromatic amines is 1. The lowest BCUT2D eigenvalue weighted by atomic mass is 9.63. The van der Waals surface area contributed by atoms with E-state index in [1.54, 1.807) is 0 Å². The summed E-state index contributed by atoms with van der Waals surface area (Å²) in [5.74, 6) is 2.39. The SMILES string of the molecule is CCOc1c(-c2c(C)ccc3[nH]ncc23)c(C2CC2)cc2c(N3CCC4(CCC4)CC3)nc(OC3CCN(C4COC4)CC3)nc12. The summed E-state index contributed by atoms with van der Waals surface area (Å²) in [4.78, 5) is 15.6. The maximum atomic E-state index is 6.72. The smallest absolute Gasteiger partial charge is 0.319 e. The molecule has 9 heteroatoms. The Hall–Kier alpha value is -3.43. The third-order valence-corrected chi connectivity index (χ3v) is 11.7. The molecule has 242 valence electrons. The number of aromatic nitrogens is 4. The first-order valence-corrected chi connectivity index (χ1v) is 17.8. The van der Waals surface area contributed by atoms with E-state index < -0.39 is 0 Å². The molecule has 5 aliphatic rings. The zero-order chi connectivity index (χ0) is 30.8. The van der Waals surface area contributed by atoms with Crippen molar-refractivity contribution in [1.82, 2.24) is 25.1 Å². The van der Waals surface area contributed by atoms with Crippen molar-refractivity contribution >= 4 is 27.6 Å². The molecule has 2 aromatic heterocycles. The Morgan fingerprint density at radius 3 is 2.43 bits per heavy atom. The van der Waals surface area contributed by atoms with Gasteiger partial charge in [0, 0.05) is 42.5 Å². The van der Waals surface area contributed by atoms with Gasteiger partial charge in [-0.2, -0.15) is 15.1 Å². The van der Waals surface area contributed by atoms with E-state index in [-0.39, 0.29) is 6.10 Å². The molecular formula is C37H46N6O3. The number of fused-ring (bicyclic) bond motifs is 2. The molecule has 5 fully saturated rings. The van der Waals surface area contributed by atoms with Gasteiger partial charge in [-0.3, -0.25) is 10.00 Å². The Balaban J connectivity index is 1.18. The van der Waals surface area contributed by atoms with Crippen LogP contribution in [0.1, 0.15) is 81.8 Å². The Morgan fingerprint density at radius 2 is 1.76 bits per heavy atom. The number of hydrogen-bond acceptors (Lipinski definition) is 8. The van der Waals surface area contributed by atoms with Crippen LogP contribution in [0.4, 0.5) is 5.82 Å². The van der Waals surface area contributed by atoms with Crippen LogP contribution in [-0.2, 0) is 4.74 Å². The maximum Gasteiger partial charge on any atom is 0.319 e. The second-order valence-corrected chi connectivity index (χ2v) is 14.6. The number of benzene rings is 2. The number of piperidine rings is 2. The van der Waals surface area contributed by atoms with Gasteiger partial charge in [0.1, 0.15) is 17.4 Å². The number of hydrogen-bond donors (Lipinski definition) is 1. The molecule has 1 N–H and O–H groups in total. The van der Waals surface area contributed by atoms with Crippen LogP contribution in [0, 0.1) is 12.3 Å². The van der Waals surface area contributed by atoms with E-state index in [0.29, 0.717) is 30.0 Å². The van der Waals surface area contributed by atoms with Crippen molar-refractivity contribution in [3.8, 4) is 22.9 Å². The van der Waals surface area contributed by atoms with Gasteiger partial charge in [-0.25, -0.2) is 0 Å². The molecule has 3 aliphatic heterocycles. The summed E-state index contributed by atoms with van der Waals surface area (Å²) in [5.41, 5.74) is 7.39. The highest BCUT2D eigenvalue weighted by molar-refractivity contribution is 6.06. The average molecular weight is 623 g/mol. The molecule has 9 nitrogen and oxygen atoms in total. The van der Waals surface area contributed by atoms with Gasteiger partial charge in [0.05, 0.1) is 37.6 Å². The Bertz CT molecular complexity index is 1760. The van der Waals surface area contributed by atoms with E-state index in [9.17, 15) is 0 Å². The van der Waals surface area contributed by atoms with Crippen LogP contribution in [0.2, 0.25) is 0 Å². The first-order valence-electron chi connectivity index (χ1n) is 17.8. The third kappa shape index (κ3) is 4.93. The van der Waals surface area contributed by atoms with Crippen LogP contribution in [0.15, 0.2) is 24.4 Å². The van der Waals surface area contributed by atoms with Crippen LogP contribution in [0.5, 0.6) is 11.8 Å². The molecule has 1 spiro atoms. The molecule has 5 heterocycles. The van der Waals surface area contributed by atoms with E-state index in [0.717, 1.165) is 85.6 Å². The van der Waals surface area contributed by atoms with Gasteiger partial charge in [0.15, 0.2) is 5.75 Å². The van der Waals surface area contributed by atoms with Gasteiger partial charge < -0.3 is 19.1 Å². The minimum Gasteiger partial charge on any atom is -0.491 e. The van der Waals surface area contributed by atoms with Gasteiger partial charge in [0.25, 0.3) is 0 Å². The first-order chi connectivity index (χ1) is 22.6. The van der Waals surface area contributed by atoms with Gasteiger partial charge in [-0.15, -0.1) is 0 Å². The highest BCUT2D eigenvalue weighted by atomic mass is 16.5. The maximum absolute atomic E-state index is 6.72. The standard InChI is InChI=1S/C37H46N6O3/c1-3-45-34-32(31-23(2)5-8-30-29(31)20-38-41-30)27(24-6-7-24)19-28-33(34)39-36(46-26-9-15-42(16-10-26)25-21-44-22-25)40-35(28)43-17-13-37(14-18-43)11-4-12-37/h5,8,19-20,24-26H,3-4,6-7,9-18,21-22H2,1-2H3,(H,38,41). The number of nitrogens with one attached hydrogen (secondary N) is 1. The second kappa shape index (κ2) is 11.4. The van der Waals surface area contributed by atoms with Gasteiger partial charge in [0.2, 0.25) is 0 Å². The van der Waals surface area contributed by atoms with Crippen molar-refractivity contribution in [2.75, 3.05) is 50.9 Å². The number of ether oxygens (including phenoxy) is 3. The molecule has 4 aromatic rings. The van der Waals surface area contributed by atoms with Crippen molar-refractivity contribution in [2.45, 2.75) is 89.7 Å². The Labute approximate surface area is 271 Å². The molecule has 9 rings (SSSR count). The predicted octanol–water partition coefficient (Wildman–Crippen LogP) is 6.77. The van der Waals surface area contributed by atoms with Crippen LogP contribution in [0.3, 0.4) is 0 Å². The number of anilines is 1. The fourth-order valence-corrected chi connectivity index (χ4v) is 8.54. The number of likely N-dealkylation sites (tertiary alicyclic amines) is 1. The highest BCUT2D eigenvalue weighted by Gasteiger charge is 2.41. The molecule has 0 atom stereocenters. The van der Waals surface area contributed by atoms with Crippen molar-refractivity contribution in [2.24, 2.45) is 5.41 Å². The summed E-state index contributed by atoms with van der Waals surface area (Å²) >= 11 is 0. The summed E-state index contributed by atoms with van der Waals surface area (Å²) in [6, 6.07) is 7.79. The Morgan fingerprint density at radius 1 is 0.957 bits per heavy atom. The Kier molecular flexibility index (Phi) is 7.11. The topological polar surface area (TPSA) is 88.6 Å². The molecule has 2 aliphatic carbocycles. The lowest BCUT2D eigenvalue weighted by Crippen LogP contribution is -2.53. The molecule has 0 amide bonds. The van der Waals surface area contributed by atoms with Gasteiger partial charge >= 0.3 is 6.01 Å². The molecule has 0 unspecified atom stereocenters. The molecular weight excluding hydrogens is 576 g/mol. The quantitative estimate of drug-likeness (QED) is 0.230. The largest absolute Gasteiger partial charge is 0.491 e. The van der Waals surface area contributed by atoms with E-state index in [1.807, 2.05) is 6.20 Å². The number of aryl methyl sites for hydroxylation is 1. The molecule has 2 aromatic carbocycles. The minimum absolute atomic E-state index is 0.102. The lowest BCUT2D eigenvalue weighted by Gasteiger charge is -2.48. The zero-order valence-corrected chi connectivity index (χ0v) is 27.3. The summed E-state index contributed by atoms with van der Waals surface area (Å²) < 4.78 is 18.9. The van der Waals surface area contributed by atoms with Crippen LogP contribution in [-0.4, -0.2) is 83.2 Å². The van der Waals surface area contributed by atoms with Crippen molar-refractivity contribution in [1.29, 1.82) is 0 Å². The fraction of sp³-hybridized carbons (Fsp3) is 0.595. The zero-order valence-electron chi connectivity index (χ0n) is 27.3. The lowest BCUT2D eigenvalue weighted by molar-refractivity contribution is -0.0781. The number of nitrogens with zero attached hydrogens (tertiary/aromatic N) is 5. The van der Waals surface area contributed by atoms with Crippen molar-refractivity contribution in [3.05, 3.63) is 35.5 Å². The second-order valence-electron chi connectivity index (χ2n) is 14.6. The molecule has 46 heavy (non-hydrogen) atoms. The number of H-pyrrole nitrogens is 1. The van der Waals surface area contributed by atoms with Crippen LogP contribution < -0.4 is 14.4 Å². The molecule has 0 bridgehead atoms. The predicted molar refractivity (Wildman–Crippen MR) is 180 cm³/mol. The summed E-state index contributed by atoms with van der Waals surface area (Å²) in [6.07, 6.45) is 13.0. The van der Waals surface area contributed by atoms with E-state index >= 15 is 0 Å². The van der Waals surface area contributed by atoms with Crippen LogP contribution >= 0.6 is 0 Å². The van der Waals surface area contributed by atoms with Gasteiger partial charge in [-0.05, 0) is 105 Å². The molecule has 2 saturated carbocycles. The fourth-order valence-electron chi connectivity index (χ4n) is 8.54. The van der Waals surface area contributed by atoms with Crippen molar-refractivity contribution in [3.63, 3.8) is 0 Å². The van der Waals surface area contributed by atoms with E-state index in [1.165, 1.54) is 67.2 Å². The summed E-state index contributed by atoms with van der Waals surface area (Å²) in [5, 5.41) is 9.85. The van der Waals surface area contributed by atoms with Crippen molar-refractivity contribution < 1.29 is 14.2 Å². The monoisotopic (exact) mass is 622 g/mol. The van der Waals surface area contributed by atoms with E-state index in [2.05, 4.69) is 52.0 Å². The first kappa shape index (κ1) is 28.8. The number of rotatable bonds is 8.